The van der Waals surface area contributed by atoms with Gasteiger partial charge in [0, 0.05) is 35.5 Å². The van der Waals surface area contributed by atoms with Crippen molar-refractivity contribution < 1.29 is 19.4 Å². The van der Waals surface area contributed by atoms with Gasteiger partial charge in [-0.2, -0.15) is 0 Å². The van der Waals surface area contributed by atoms with E-state index in [1.165, 1.54) is 11.1 Å². The summed E-state index contributed by atoms with van der Waals surface area (Å²) in [5.74, 6) is 1.53. The van der Waals surface area contributed by atoms with Gasteiger partial charge in [0.15, 0.2) is 5.79 Å². The third kappa shape index (κ3) is 2.96. The number of hydrogen-bond acceptors (Lipinski definition) is 4. The summed E-state index contributed by atoms with van der Waals surface area (Å²) in [6, 6.07) is 6.82. The molecule has 6 aliphatic rings. The number of aliphatic hydroxyl groups is 1. The van der Waals surface area contributed by atoms with Crippen molar-refractivity contribution in [2.75, 3.05) is 13.2 Å². The summed E-state index contributed by atoms with van der Waals surface area (Å²) in [6.07, 6.45) is 9.69. The van der Waals surface area contributed by atoms with Gasteiger partial charge in [-0.15, -0.1) is 0 Å². The summed E-state index contributed by atoms with van der Waals surface area (Å²) < 4.78 is 12.9. The minimum atomic E-state index is -0.815. The molecule has 2 spiro atoms. The standard InChI is InChI=1S/C32H42O4/c1-5-20-6-7-22-21(14-20)15-30-12-13-32(35-18-28(2,3)19-36-32)17-31(30,34)11-10-23-25-8-9-26(33)29(25,4)16-24(22)27(23)30/h5-7,14,23-25,27,34H,1,8-13,15-19H2,2-4H3/t23-,24?,25-,27?,29-,30-,31+/m0/s1. The zero-order valence-corrected chi connectivity index (χ0v) is 22.3. The number of benzene rings is 1. The van der Waals surface area contributed by atoms with E-state index >= 15 is 0 Å². The largest absolute Gasteiger partial charge is 0.389 e. The summed E-state index contributed by atoms with van der Waals surface area (Å²) in [5.41, 5.74) is 2.73. The van der Waals surface area contributed by atoms with Gasteiger partial charge in [0.05, 0.1) is 18.8 Å². The summed E-state index contributed by atoms with van der Waals surface area (Å²) in [5, 5.41) is 12.7. The quantitative estimate of drug-likeness (QED) is 0.520. The second kappa shape index (κ2) is 7.33. The molecular weight excluding hydrogens is 448 g/mol. The first-order valence-corrected chi connectivity index (χ1v) is 14.3. The number of ketones is 1. The first-order chi connectivity index (χ1) is 17.0. The molecule has 7 atom stereocenters. The van der Waals surface area contributed by atoms with E-state index in [9.17, 15) is 9.90 Å². The molecule has 4 nitrogen and oxygen atoms in total. The van der Waals surface area contributed by atoms with Crippen molar-refractivity contribution in [1.29, 1.82) is 0 Å². The van der Waals surface area contributed by atoms with E-state index in [1.807, 2.05) is 6.08 Å². The maximum absolute atomic E-state index is 13.3. The van der Waals surface area contributed by atoms with E-state index in [0.717, 1.165) is 56.9 Å². The summed E-state index contributed by atoms with van der Waals surface area (Å²) in [6.45, 7) is 12.0. The molecule has 0 bridgehead atoms. The van der Waals surface area contributed by atoms with E-state index in [0.29, 0.717) is 49.1 Å². The molecule has 4 heteroatoms. The van der Waals surface area contributed by atoms with Crippen LogP contribution < -0.4 is 0 Å². The molecule has 36 heavy (non-hydrogen) atoms. The SMILES string of the molecule is C=Cc1ccc2c(c1)C[C@]13CCC4(C[C@]1(O)CC[C@@H]1C3C2C[C@]2(C)C(=O)CC[C@@H]12)OCC(C)(C)CO4. The Kier molecular flexibility index (Phi) is 4.81. The van der Waals surface area contributed by atoms with Crippen LogP contribution in [0.2, 0.25) is 0 Å². The Bertz CT molecular complexity index is 1130. The van der Waals surface area contributed by atoms with Crippen LogP contribution in [0.25, 0.3) is 6.08 Å². The lowest BCUT2D eigenvalue weighted by Gasteiger charge is -2.69. The highest BCUT2D eigenvalue weighted by molar-refractivity contribution is 5.87. The van der Waals surface area contributed by atoms with Gasteiger partial charge in [0.1, 0.15) is 5.78 Å². The lowest BCUT2D eigenvalue weighted by atomic mass is 9.37. The molecule has 1 aliphatic heterocycles. The Morgan fingerprint density at radius 3 is 2.61 bits per heavy atom. The lowest BCUT2D eigenvalue weighted by molar-refractivity contribution is -0.357. The van der Waals surface area contributed by atoms with Gasteiger partial charge in [-0.1, -0.05) is 51.6 Å². The first kappa shape index (κ1) is 23.6. The molecule has 5 aliphatic carbocycles. The molecule has 1 aromatic carbocycles. The fraction of sp³-hybridized carbons (Fsp3) is 0.719. The van der Waals surface area contributed by atoms with Gasteiger partial charge in [0.25, 0.3) is 0 Å². The van der Waals surface area contributed by atoms with Crippen molar-refractivity contribution in [3.63, 3.8) is 0 Å². The molecule has 1 aromatic rings. The zero-order valence-electron chi connectivity index (χ0n) is 22.3. The average molecular weight is 491 g/mol. The first-order valence-electron chi connectivity index (χ1n) is 14.3. The van der Waals surface area contributed by atoms with Gasteiger partial charge in [-0.05, 0) is 78.9 Å². The molecule has 0 amide bonds. The molecular formula is C32H42O4. The molecule has 194 valence electrons. The smallest absolute Gasteiger partial charge is 0.171 e. The van der Waals surface area contributed by atoms with Gasteiger partial charge in [-0.3, -0.25) is 4.79 Å². The number of rotatable bonds is 1. The zero-order chi connectivity index (χ0) is 25.1. The van der Waals surface area contributed by atoms with Crippen LogP contribution in [0.4, 0.5) is 0 Å². The fourth-order valence-electron chi connectivity index (χ4n) is 10.2. The van der Waals surface area contributed by atoms with Crippen LogP contribution in [0.1, 0.15) is 94.7 Å². The Labute approximate surface area is 215 Å². The molecule has 4 saturated carbocycles. The Balaban J connectivity index is 1.35. The fourth-order valence-corrected chi connectivity index (χ4v) is 10.2. The summed E-state index contributed by atoms with van der Waals surface area (Å²) >= 11 is 0. The summed E-state index contributed by atoms with van der Waals surface area (Å²) in [4.78, 5) is 13.3. The van der Waals surface area contributed by atoms with E-state index < -0.39 is 11.4 Å². The number of ether oxygens (including phenoxy) is 2. The molecule has 0 aromatic heterocycles. The van der Waals surface area contributed by atoms with Crippen LogP contribution in [0.15, 0.2) is 24.8 Å². The van der Waals surface area contributed by atoms with E-state index in [4.69, 9.17) is 9.47 Å². The van der Waals surface area contributed by atoms with Crippen LogP contribution in [-0.2, 0) is 20.7 Å². The normalized spacial score (nSPS) is 45.8. The van der Waals surface area contributed by atoms with Crippen LogP contribution >= 0.6 is 0 Å². The molecule has 1 heterocycles. The third-order valence-corrected chi connectivity index (χ3v) is 11.9. The van der Waals surface area contributed by atoms with Gasteiger partial charge in [0.2, 0.25) is 0 Å². The molecule has 5 fully saturated rings. The van der Waals surface area contributed by atoms with Gasteiger partial charge < -0.3 is 14.6 Å². The second-order valence-corrected chi connectivity index (χ2v) is 14.4. The van der Waals surface area contributed by atoms with Crippen molar-refractivity contribution >= 4 is 11.9 Å². The van der Waals surface area contributed by atoms with E-state index in [1.54, 1.807) is 0 Å². The van der Waals surface area contributed by atoms with Gasteiger partial charge in [-0.25, -0.2) is 0 Å². The maximum atomic E-state index is 13.3. The third-order valence-electron chi connectivity index (χ3n) is 11.9. The van der Waals surface area contributed by atoms with Crippen molar-refractivity contribution in [3.8, 4) is 0 Å². The number of hydrogen-bond donors (Lipinski definition) is 1. The van der Waals surface area contributed by atoms with Crippen LogP contribution in [0.3, 0.4) is 0 Å². The molecule has 1 N–H and O–H groups in total. The molecule has 2 unspecified atom stereocenters. The van der Waals surface area contributed by atoms with Crippen LogP contribution in [0, 0.1) is 34.0 Å². The van der Waals surface area contributed by atoms with Crippen LogP contribution in [-0.4, -0.2) is 35.5 Å². The van der Waals surface area contributed by atoms with Crippen molar-refractivity contribution in [1.82, 2.24) is 0 Å². The molecule has 0 radical (unpaired) electrons. The number of carbonyl (C=O) groups is 1. The highest BCUT2D eigenvalue weighted by Crippen LogP contribution is 2.73. The van der Waals surface area contributed by atoms with E-state index in [2.05, 4.69) is 45.5 Å². The maximum Gasteiger partial charge on any atom is 0.171 e. The number of Topliss-reactive ketones (excluding diaryl/α,β-unsaturated/α-hetero) is 1. The Morgan fingerprint density at radius 1 is 1.08 bits per heavy atom. The monoisotopic (exact) mass is 490 g/mol. The second-order valence-electron chi connectivity index (χ2n) is 14.4. The predicted octanol–water partition coefficient (Wildman–Crippen LogP) is 6.06. The highest BCUT2D eigenvalue weighted by atomic mass is 16.7. The predicted molar refractivity (Wildman–Crippen MR) is 139 cm³/mol. The van der Waals surface area contributed by atoms with Crippen molar-refractivity contribution in [3.05, 3.63) is 41.5 Å². The Morgan fingerprint density at radius 2 is 1.86 bits per heavy atom. The lowest BCUT2D eigenvalue weighted by Crippen LogP contribution is -2.70. The minimum absolute atomic E-state index is 0.0134. The number of fused-ring (bicyclic) bond motifs is 4. The van der Waals surface area contributed by atoms with Gasteiger partial charge >= 0.3 is 0 Å². The van der Waals surface area contributed by atoms with Crippen LogP contribution in [0.5, 0.6) is 0 Å². The molecule has 7 rings (SSSR count). The highest BCUT2D eigenvalue weighted by Gasteiger charge is 2.72. The Hall–Kier alpha value is -1.49. The summed E-state index contributed by atoms with van der Waals surface area (Å²) in [7, 11) is 0. The molecule has 1 saturated heterocycles. The number of carbonyl (C=O) groups excluding carboxylic acids is 1. The van der Waals surface area contributed by atoms with Crippen molar-refractivity contribution in [2.45, 2.75) is 95.9 Å². The van der Waals surface area contributed by atoms with Crippen molar-refractivity contribution in [2.24, 2.45) is 34.0 Å². The average Bonchev–Trinajstić information content (AvgIpc) is 3.15. The van der Waals surface area contributed by atoms with E-state index in [-0.39, 0.29) is 16.2 Å². The topological polar surface area (TPSA) is 55.8 Å². The minimum Gasteiger partial charge on any atom is -0.389 e.